The summed E-state index contributed by atoms with van der Waals surface area (Å²) in [7, 11) is -3.93. The molecule has 2 aliphatic rings. The molecule has 2 aromatic rings. The fourth-order valence-electron chi connectivity index (χ4n) is 5.31. The first-order valence-electron chi connectivity index (χ1n) is 11.2. The molecule has 3 atom stereocenters. The molecule has 190 valence electrons. The molecule has 0 aromatic heterocycles. The molecule has 1 aliphatic heterocycles. The van der Waals surface area contributed by atoms with Crippen LogP contribution in [-0.2, 0) is 40.4 Å². The van der Waals surface area contributed by atoms with Gasteiger partial charge in [0.15, 0.2) is 0 Å². The molecule has 0 radical (unpaired) electrons. The predicted octanol–water partition coefficient (Wildman–Crippen LogP) is 3.93. The normalized spacial score (nSPS) is 23.9. The van der Waals surface area contributed by atoms with Crippen molar-refractivity contribution in [3.63, 3.8) is 0 Å². The Morgan fingerprint density at radius 3 is 2.31 bits per heavy atom. The Morgan fingerprint density at radius 2 is 1.74 bits per heavy atom. The van der Waals surface area contributed by atoms with Gasteiger partial charge in [-0.3, -0.25) is 9.69 Å². The highest BCUT2D eigenvalue weighted by Gasteiger charge is 2.41. The van der Waals surface area contributed by atoms with Crippen LogP contribution < -0.4 is 0 Å². The van der Waals surface area contributed by atoms with E-state index in [4.69, 9.17) is 0 Å². The van der Waals surface area contributed by atoms with E-state index in [1.54, 1.807) is 26.0 Å². The minimum Gasteiger partial charge on any atom is -0.481 e. The van der Waals surface area contributed by atoms with Crippen molar-refractivity contribution < 1.29 is 35.9 Å². The summed E-state index contributed by atoms with van der Waals surface area (Å²) in [6, 6.07) is 6.79. The third-order valence-corrected chi connectivity index (χ3v) is 8.92. The number of hydrogen-bond donors (Lipinski definition) is 1. The Balaban J connectivity index is 1.53. The minimum atomic E-state index is -4.77. The zero-order valence-electron chi connectivity index (χ0n) is 19.2. The van der Waals surface area contributed by atoms with E-state index < -0.39 is 51.6 Å². The van der Waals surface area contributed by atoms with Gasteiger partial charge in [0.05, 0.1) is 16.4 Å². The number of alkyl halides is 3. The number of carbonyl (C=O) groups is 1. The zero-order valence-corrected chi connectivity index (χ0v) is 20.0. The van der Waals surface area contributed by atoms with Crippen LogP contribution in [0.4, 0.5) is 17.6 Å². The van der Waals surface area contributed by atoms with E-state index in [1.165, 1.54) is 16.4 Å². The number of carboxylic acids is 1. The molecule has 2 aromatic carbocycles. The monoisotopic (exact) mass is 514 g/mol. The number of halogens is 4. The molecule has 0 spiro atoms. The highest BCUT2D eigenvalue weighted by atomic mass is 32.2. The van der Waals surface area contributed by atoms with E-state index in [0.717, 1.165) is 17.7 Å². The van der Waals surface area contributed by atoms with Crippen molar-refractivity contribution in [1.82, 2.24) is 9.21 Å². The molecule has 4 rings (SSSR count). The van der Waals surface area contributed by atoms with Gasteiger partial charge >= 0.3 is 12.1 Å². The average Bonchev–Trinajstić information content (AvgIpc) is 3.16. The molecule has 1 aliphatic carbocycles. The van der Waals surface area contributed by atoms with Crippen LogP contribution in [-0.4, -0.2) is 53.9 Å². The number of nitrogens with zero attached hydrogens (tertiary/aromatic N) is 2. The molecule has 1 saturated heterocycles. The van der Waals surface area contributed by atoms with Gasteiger partial charge in [-0.2, -0.15) is 17.5 Å². The van der Waals surface area contributed by atoms with Crippen LogP contribution in [0, 0.1) is 11.7 Å². The van der Waals surface area contributed by atoms with Gasteiger partial charge in [-0.05, 0) is 61.6 Å². The molecule has 35 heavy (non-hydrogen) atoms. The Kier molecular flexibility index (Phi) is 6.71. The standard InChI is InChI=1S/C24H26F4N2O4S/c1-14-11-29(13-16-6-7-20(21(25)8-16)24(26,27)28)12-15(2)30(14)35(33,34)22-5-3-4-17-9-18(23(31)32)10-19(17)22/h3-8,14-15,18H,9-13H2,1-2H3,(H,31,32)/t14-,15+,18?. The molecule has 1 N–H and O–H groups in total. The van der Waals surface area contributed by atoms with Gasteiger partial charge in [0.25, 0.3) is 0 Å². The maximum absolute atomic E-state index is 14.0. The van der Waals surface area contributed by atoms with Crippen LogP contribution in [0.25, 0.3) is 0 Å². The molecule has 11 heteroatoms. The quantitative estimate of drug-likeness (QED) is 0.612. The first-order valence-corrected chi connectivity index (χ1v) is 12.7. The summed E-state index contributed by atoms with van der Waals surface area (Å²) in [6.45, 7) is 4.28. The van der Waals surface area contributed by atoms with Crippen LogP contribution in [0.1, 0.15) is 36.1 Å². The summed E-state index contributed by atoms with van der Waals surface area (Å²) >= 11 is 0. The summed E-state index contributed by atoms with van der Waals surface area (Å²) in [5, 5.41) is 9.39. The lowest BCUT2D eigenvalue weighted by Gasteiger charge is -2.43. The van der Waals surface area contributed by atoms with Crippen molar-refractivity contribution in [3.8, 4) is 0 Å². The van der Waals surface area contributed by atoms with Crippen LogP contribution >= 0.6 is 0 Å². The molecular weight excluding hydrogens is 488 g/mol. The van der Waals surface area contributed by atoms with E-state index in [2.05, 4.69) is 0 Å². The second-order valence-corrected chi connectivity index (χ2v) is 11.2. The van der Waals surface area contributed by atoms with E-state index in [-0.39, 0.29) is 24.3 Å². The maximum atomic E-state index is 14.0. The number of hydrogen-bond acceptors (Lipinski definition) is 4. The van der Waals surface area contributed by atoms with Crippen LogP contribution in [0.2, 0.25) is 0 Å². The summed E-state index contributed by atoms with van der Waals surface area (Å²) in [5.74, 6) is -2.95. The van der Waals surface area contributed by atoms with Crippen LogP contribution in [0.3, 0.4) is 0 Å². The number of rotatable bonds is 5. The first-order chi connectivity index (χ1) is 16.3. The number of aliphatic carboxylic acids is 1. The predicted molar refractivity (Wildman–Crippen MR) is 120 cm³/mol. The number of sulfonamides is 1. The fourth-order valence-corrected chi connectivity index (χ4v) is 7.40. The van der Waals surface area contributed by atoms with Gasteiger partial charge in [-0.1, -0.05) is 18.2 Å². The van der Waals surface area contributed by atoms with E-state index >= 15 is 0 Å². The van der Waals surface area contributed by atoms with Gasteiger partial charge in [-0.25, -0.2) is 12.8 Å². The molecule has 0 bridgehead atoms. The van der Waals surface area contributed by atoms with E-state index in [0.29, 0.717) is 24.2 Å². The molecule has 1 heterocycles. The second kappa shape index (κ2) is 9.18. The van der Waals surface area contributed by atoms with Crippen molar-refractivity contribution in [1.29, 1.82) is 0 Å². The van der Waals surface area contributed by atoms with Gasteiger partial charge in [-0.15, -0.1) is 0 Å². The summed E-state index contributed by atoms with van der Waals surface area (Å²) in [4.78, 5) is 13.5. The molecule has 0 amide bonds. The molecule has 1 unspecified atom stereocenters. The molecule has 1 fully saturated rings. The van der Waals surface area contributed by atoms with E-state index in [1.807, 2.05) is 4.90 Å². The Hall–Kier alpha value is -2.50. The summed E-state index contributed by atoms with van der Waals surface area (Å²) in [5.41, 5.74) is 0.315. The average molecular weight is 515 g/mol. The van der Waals surface area contributed by atoms with Crippen LogP contribution in [0.15, 0.2) is 41.3 Å². The SMILES string of the molecule is C[C@@H]1CN(Cc2ccc(C(F)(F)F)c(F)c2)C[C@H](C)N1S(=O)(=O)c1cccc2c1CC(C(=O)O)C2. The summed E-state index contributed by atoms with van der Waals surface area (Å²) in [6.07, 6.45) is -4.33. The molecule has 6 nitrogen and oxygen atoms in total. The smallest absolute Gasteiger partial charge is 0.419 e. The lowest BCUT2D eigenvalue weighted by molar-refractivity contribution is -0.141. The highest BCUT2D eigenvalue weighted by molar-refractivity contribution is 7.89. The van der Waals surface area contributed by atoms with Crippen molar-refractivity contribution in [3.05, 3.63) is 64.5 Å². The van der Waals surface area contributed by atoms with Crippen molar-refractivity contribution in [2.45, 2.75) is 56.4 Å². The number of piperazine rings is 1. The van der Waals surface area contributed by atoms with Crippen LogP contribution in [0.5, 0.6) is 0 Å². The Bertz CT molecular complexity index is 1240. The van der Waals surface area contributed by atoms with Gasteiger partial charge in [0, 0.05) is 31.7 Å². The van der Waals surface area contributed by atoms with Crippen molar-refractivity contribution in [2.75, 3.05) is 13.1 Å². The van der Waals surface area contributed by atoms with E-state index in [9.17, 15) is 35.9 Å². The molecule has 0 saturated carbocycles. The number of benzene rings is 2. The van der Waals surface area contributed by atoms with Gasteiger partial charge in [0.2, 0.25) is 10.0 Å². The van der Waals surface area contributed by atoms with Crippen molar-refractivity contribution in [2.24, 2.45) is 5.92 Å². The third-order valence-electron chi connectivity index (χ3n) is 6.71. The Morgan fingerprint density at radius 1 is 1.09 bits per heavy atom. The highest BCUT2D eigenvalue weighted by Crippen LogP contribution is 2.36. The maximum Gasteiger partial charge on any atom is 0.419 e. The largest absolute Gasteiger partial charge is 0.481 e. The van der Waals surface area contributed by atoms with Crippen molar-refractivity contribution >= 4 is 16.0 Å². The number of fused-ring (bicyclic) bond motifs is 1. The molecular formula is C24H26F4N2O4S. The second-order valence-electron chi connectivity index (χ2n) is 9.38. The topological polar surface area (TPSA) is 77.9 Å². The Labute approximate surface area is 201 Å². The minimum absolute atomic E-state index is 0.121. The first kappa shape index (κ1) is 25.6. The summed E-state index contributed by atoms with van der Waals surface area (Å²) < 4.78 is 81.3. The zero-order chi connectivity index (χ0) is 25.7. The van der Waals surface area contributed by atoms with Gasteiger partial charge < -0.3 is 5.11 Å². The lowest BCUT2D eigenvalue weighted by atomic mass is 10.1. The lowest BCUT2D eigenvalue weighted by Crippen LogP contribution is -2.58. The van der Waals surface area contributed by atoms with Gasteiger partial charge in [0.1, 0.15) is 5.82 Å². The third kappa shape index (κ3) is 4.94. The fraction of sp³-hybridized carbons (Fsp3) is 0.458. The number of carboxylic acid groups (broad SMARTS) is 1.